The van der Waals surface area contributed by atoms with E-state index in [4.69, 9.17) is 16.3 Å². The number of hydrogen-bond acceptors (Lipinski definition) is 3. The molecule has 1 heterocycles. The molecular weight excluding hydrogens is 502 g/mol. The Bertz CT molecular complexity index is 1330. The van der Waals surface area contributed by atoms with Crippen LogP contribution < -0.4 is 10.2 Å². The summed E-state index contributed by atoms with van der Waals surface area (Å²) < 4.78 is 8.58. The number of rotatable bonds is 7. The number of benzene rings is 3. The molecule has 0 fully saturated rings. The highest BCUT2D eigenvalue weighted by atomic mass is 79.9. The number of carbonyl (C=O) groups excluding carboxylic acids is 1. The van der Waals surface area contributed by atoms with Gasteiger partial charge in [-0.2, -0.15) is 5.10 Å². The Balaban J connectivity index is 1.43. The highest BCUT2D eigenvalue weighted by molar-refractivity contribution is 9.10. The van der Waals surface area contributed by atoms with Crippen molar-refractivity contribution in [1.29, 1.82) is 0 Å². The molecule has 0 atom stereocenters. The third-order valence-corrected chi connectivity index (χ3v) is 6.90. The highest BCUT2D eigenvalue weighted by Gasteiger charge is 2.12. The van der Waals surface area contributed by atoms with Crippen LogP contribution in [-0.2, 0) is 11.3 Å². The maximum absolute atomic E-state index is 12.3. The van der Waals surface area contributed by atoms with E-state index in [2.05, 4.69) is 49.2 Å². The van der Waals surface area contributed by atoms with E-state index in [0.29, 0.717) is 10.8 Å². The first-order valence-electron chi connectivity index (χ1n) is 10.5. The van der Waals surface area contributed by atoms with Crippen molar-refractivity contribution in [2.45, 2.75) is 20.4 Å². The highest BCUT2D eigenvalue weighted by Crippen LogP contribution is 2.35. The minimum atomic E-state index is -0.351. The fraction of sp³-hybridized carbons (Fsp3) is 0.154. The van der Waals surface area contributed by atoms with Gasteiger partial charge in [-0.3, -0.25) is 4.79 Å². The molecule has 0 saturated carbocycles. The van der Waals surface area contributed by atoms with Gasteiger partial charge in [-0.05, 0) is 58.6 Å². The smallest absolute Gasteiger partial charge is 0.277 e. The lowest BCUT2D eigenvalue weighted by molar-refractivity contribution is -0.123. The Morgan fingerprint density at radius 3 is 2.67 bits per heavy atom. The monoisotopic (exact) mass is 523 g/mol. The summed E-state index contributed by atoms with van der Waals surface area (Å²) >= 11 is 9.72. The lowest BCUT2D eigenvalue weighted by atomic mass is 10.1. The molecule has 0 unspecified atom stereocenters. The maximum atomic E-state index is 12.3. The molecule has 4 rings (SSSR count). The minimum absolute atomic E-state index is 0.160. The normalized spacial score (nSPS) is 11.3. The molecule has 168 valence electrons. The molecule has 0 radical (unpaired) electrons. The molecule has 1 N–H and O–H groups in total. The first-order valence-corrected chi connectivity index (χ1v) is 11.6. The molecule has 1 aromatic heterocycles. The summed E-state index contributed by atoms with van der Waals surface area (Å²) in [5.41, 5.74) is 7.55. The minimum Gasteiger partial charge on any atom is -0.483 e. The van der Waals surface area contributed by atoms with E-state index in [1.54, 1.807) is 12.3 Å². The van der Waals surface area contributed by atoms with Crippen molar-refractivity contribution < 1.29 is 9.53 Å². The number of halogens is 2. The van der Waals surface area contributed by atoms with Gasteiger partial charge in [-0.15, -0.1) is 0 Å². The fourth-order valence-corrected chi connectivity index (χ4v) is 4.33. The number of nitrogens with one attached hydrogen (secondary N) is 1. The molecule has 0 aliphatic carbocycles. The molecule has 1 amide bonds. The number of nitrogens with zero attached hydrogens (tertiary/aromatic N) is 2. The molecule has 0 spiro atoms. The Morgan fingerprint density at radius 1 is 1.15 bits per heavy atom. The van der Waals surface area contributed by atoms with E-state index in [0.717, 1.165) is 38.6 Å². The first-order chi connectivity index (χ1) is 15.9. The topological polar surface area (TPSA) is 55.6 Å². The van der Waals surface area contributed by atoms with E-state index < -0.39 is 0 Å². The summed E-state index contributed by atoms with van der Waals surface area (Å²) in [6, 6.07) is 20.2. The first kappa shape index (κ1) is 23.1. The van der Waals surface area contributed by atoms with Crippen LogP contribution in [0.25, 0.3) is 10.9 Å². The van der Waals surface area contributed by atoms with Crippen LogP contribution in [0.2, 0.25) is 5.02 Å². The number of aromatic nitrogens is 1. The Labute approximate surface area is 206 Å². The van der Waals surface area contributed by atoms with Crippen LogP contribution in [-0.4, -0.2) is 23.3 Å². The Hall–Kier alpha value is -3.09. The van der Waals surface area contributed by atoms with Gasteiger partial charge in [-0.1, -0.05) is 60.1 Å². The average molecular weight is 525 g/mol. The SMILES string of the molecule is Cc1cc(OCC(=O)N/N=C/c2cn(Cc3ccccc3)c3ccccc23)c(Br)c(C)c1Cl. The van der Waals surface area contributed by atoms with Crippen LogP contribution in [0.1, 0.15) is 22.3 Å². The van der Waals surface area contributed by atoms with Gasteiger partial charge in [0.1, 0.15) is 5.75 Å². The van der Waals surface area contributed by atoms with Crippen LogP contribution in [0.4, 0.5) is 0 Å². The second kappa shape index (κ2) is 10.2. The molecule has 0 bridgehead atoms. The zero-order valence-electron chi connectivity index (χ0n) is 18.3. The number of hydrogen-bond donors (Lipinski definition) is 1. The average Bonchev–Trinajstić information content (AvgIpc) is 3.17. The molecule has 0 saturated heterocycles. The zero-order chi connectivity index (χ0) is 23.4. The molecule has 4 aromatic rings. The van der Waals surface area contributed by atoms with E-state index >= 15 is 0 Å². The van der Waals surface area contributed by atoms with Crippen LogP contribution in [0, 0.1) is 13.8 Å². The second-order valence-corrected chi connectivity index (χ2v) is 8.91. The van der Waals surface area contributed by atoms with Crippen molar-refractivity contribution in [3.63, 3.8) is 0 Å². The van der Waals surface area contributed by atoms with Crippen molar-refractivity contribution in [3.8, 4) is 5.75 Å². The maximum Gasteiger partial charge on any atom is 0.277 e. The van der Waals surface area contributed by atoms with Crippen molar-refractivity contribution in [2.75, 3.05) is 6.61 Å². The lowest BCUT2D eigenvalue weighted by Crippen LogP contribution is -2.24. The molecule has 5 nitrogen and oxygen atoms in total. The summed E-state index contributed by atoms with van der Waals surface area (Å²) in [5.74, 6) is 0.217. The van der Waals surface area contributed by atoms with Gasteiger partial charge in [0, 0.05) is 34.2 Å². The molecular formula is C26H23BrClN3O2. The molecule has 3 aromatic carbocycles. The van der Waals surface area contributed by atoms with Gasteiger partial charge in [0.25, 0.3) is 5.91 Å². The fourth-order valence-electron chi connectivity index (χ4n) is 3.64. The summed E-state index contributed by atoms with van der Waals surface area (Å²) in [5, 5.41) is 5.89. The summed E-state index contributed by atoms with van der Waals surface area (Å²) in [6.45, 7) is 4.38. The molecule has 0 aliphatic rings. The van der Waals surface area contributed by atoms with Gasteiger partial charge in [-0.25, -0.2) is 5.43 Å². The van der Waals surface area contributed by atoms with Crippen molar-refractivity contribution >= 4 is 50.6 Å². The summed E-state index contributed by atoms with van der Waals surface area (Å²) in [7, 11) is 0. The zero-order valence-corrected chi connectivity index (χ0v) is 20.7. The van der Waals surface area contributed by atoms with Crippen molar-refractivity contribution in [3.05, 3.63) is 98.6 Å². The van der Waals surface area contributed by atoms with Crippen LogP contribution >= 0.6 is 27.5 Å². The molecule has 33 heavy (non-hydrogen) atoms. The predicted molar refractivity (Wildman–Crippen MR) is 137 cm³/mol. The van der Waals surface area contributed by atoms with Crippen LogP contribution in [0.3, 0.4) is 0 Å². The van der Waals surface area contributed by atoms with Crippen molar-refractivity contribution in [1.82, 2.24) is 9.99 Å². The number of carbonyl (C=O) groups is 1. The van der Waals surface area contributed by atoms with E-state index in [9.17, 15) is 4.79 Å². The summed E-state index contributed by atoms with van der Waals surface area (Å²) in [4.78, 5) is 12.3. The van der Waals surface area contributed by atoms with Gasteiger partial charge < -0.3 is 9.30 Å². The quantitative estimate of drug-likeness (QED) is 0.229. The van der Waals surface area contributed by atoms with Crippen LogP contribution in [0.5, 0.6) is 5.75 Å². The largest absolute Gasteiger partial charge is 0.483 e. The number of para-hydroxylation sites is 1. The number of fused-ring (bicyclic) bond motifs is 1. The lowest BCUT2D eigenvalue weighted by Gasteiger charge is -2.12. The number of amides is 1. The second-order valence-electron chi connectivity index (χ2n) is 7.74. The van der Waals surface area contributed by atoms with Gasteiger partial charge in [0.2, 0.25) is 0 Å². The third-order valence-electron chi connectivity index (χ3n) is 5.34. The number of aryl methyl sites for hydroxylation is 1. The van der Waals surface area contributed by atoms with E-state index in [1.165, 1.54) is 5.56 Å². The van der Waals surface area contributed by atoms with Gasteiger partial charge in [0.05, 0.1) is 10.7 Å². The number of ether oxygens (including phenoxy) is 1. The number of hydrazone groups is 1. The van der Waals surface area contributed by atoms with E-state index in [1.807, 2.05) is 56.4 Å². The summed E-state index contributed by atoms with van der Waals surface area (Å²) in [6.07, 6.45) is 3.70. The molecule has 0 aliphatic heterocycles. The van der Waals surface area contributed by atoms with Crippen molar-refractivity contribution in [2.24, 2.45) is 5.10 Å². The molecule has 7 heteroatoms. The van der Waals surface area contributed by atoms with Crippen LogP contribution in [0.15, 0.2) is 76.4 Å². The Morgan fingerprint density at radius 2 is 1.88 bits per heavy atom. The third kappa shape index (κ3) is 5.29. The predicted octanol–water partition coefficient (Wildman–Crippen LogP) is 6.25. The van der Waals surface area contributed by atoms with E-state index in [-0.39, 0.29) is 12.5 Å². The van der Waals surface area contributed by atoms with Gasteiger partial charge >= 0.3 is 0 Å². The van der Waals surface area contributed by atoms with Gasteiger partial charge in [0.15, 0.2) is 6.61 Å². The standard InChI is InChI=1S/C26H23BrClN3O2/c1-17-12-23(25(27)18(2)26(17)28)33-16-24(32)30-29-13-20-15-31(14-19-8-4-3-5-9-19)22-11-7-6-10-21(20)22/h3-13,15H,14,16H2,1-2H3,(H,30,32)/b29-13+. The Kier molecular flexibility index (Phi) is 7.16.